The van der Waals surface area contributed by atoms with Crippen molar-refractivity contribution in [2.75, 3.05) is 11.4 Å². The van der Waals surface area contributed by atoms with Gasteiger partial charge in [-0.25, -0.2) is 0 Å². The van der Waals surface area contributed by atoms with Gasteiger partial charge < -0.3 is 4.90 Å². The molecule has 0 atom stereocenters. The largest absolute Gasteiger partial charge is 0.309 e. The molecule has 0 N–H and O–H groups in total. The molecule has 2 aromatic rings. The van der Waals surface area contributed by atoms with Crippen LogP contribution in [0, 0.1) is 17.0 Å². The quantitative estimate of drug-likeness (QED) is 0.477. The molecule has 0 unspecified atom stereocenters. The third-order valence-corrected chi connectivity index (χ3v) is 3.49. The highest BCUT2D eigenvalue weighted by molar-refractivity contribution is 6.04. The Hall–Kier alpha value is -2.95. The molecule has 0 saturated carbocycles. The van der Waals surface area contributed by atoms with E-state index >= 15 is 0 Å². The van der Waals surface area contributed by atoms with Crippen LogP contribution in [-0.2, 0) is 4.79 Å². The zero-order chi connectivity index (χ0) is 16.8. The Morgan fingerprint density at radius 1 is 1.22 bits per heavy atom. The smallest absolute Gasteiger partial charge is 0.270 e. The van der Waals surface area contributed by atoms with E-state index in [0.717, 1.165) is 11.3 Å². The van der Waals surface area contributed by atoms with Gasteiger partial charge in [-0.1, -0.05) is 30.3 Å². The van der Waals surface area contributed by atoms with E-state index in [0.29, 0.717) is 12.1 Å². The van der Waals surface area contributed by atoms with Crippen molar-refractivity contribution in [3.05, 3.63) is 75.8 Å². The van der Waals surface area contributed by atoms with Gasteiger partial charge in [-0.15, -0.1) is 0 Å². The van der Waals surface area contributed by atoms with Gasteiger partial charge in [0.05, 0.1) is 4.92 Å². The Morgan fingerprint density at radius 2 is 1.96 bits per heavy atom. The molecule has 0 aliphatic rings. The normalized spacial score (nSPS) is 10.7. The van der Waals surface area contributed by atoms with E-state index in [4.69, 9.17) is 0 Å². The van der Waals surface area contributed by atoms with Crippen LogP contribution in [0.5, 0.6) is 0 Å². The number of anilines is 1. The number of benzene rings is 2. The lowest BCUT2D eigenvalue weighted by Gasteiger charge is -2.21. The number of rotatable bonds is 5. The Morgan fingerprint density at radius 3 is 2.61 bits per heavy atom. The number of carbonyl (C=O) groups excluding carboxylic acids is 1. The summed E-state index contributed by atoms with van der Waals surface area (Å²) in [6.07, 6.45) is 3.03. The van der Waals surface area contributed by atoms with E-state index in [-0.39, 0.29) is 11.6 Å². The first-order chi connectivity index (χ1) is 11.0. The lowest BCUT2D eigenvalue weighted by atomic mass is 10.1. The fourth-order valence-corrected chi connectivity index (χ4v) is 2.31. The molecule has 23 heavy (non-hydrogen) atoms. The number of nitrogens with zero attached hydrogens (tertiary/aromatic N) is 2. The van der Waals surface area contributed by atoms with Gasteiger partial charge in [0.15, 0.2) is 0 Å². The standard InChI is InChI=1S/C18H18N2O3/c1-3-19(17-10-5-4-7-14(17)2)18(21)12-11-15-8-6-9-16(13-15)20(22)23/h4-13H,3H2,1-2H3. The lowest BCUT2D eigenvalue weighted by molar-refractivity contribution is -0.384. The molecular weight excluding hydrogens is 292 g/mol. The van der Waals surface area contributed by atoms with Crippen molar-refractivity contribution in [1.29, 1.82) is 0 Å². The van der Waals surface area contributed by atoms with Crippen LogP contribution in [-0.4, -0.2) is 17.4 Å². The molecule has 5 heteroatoms. The second-order valence-corrected chi connectivity index (χ2v) is 5.05. The van der Waals surface area contributed by atoms with E-state index < -0.39 is 4.92 Å². The van der Waals surface area contributed by atoms with Crippen LogP contribution < -0.4 is 4.90 Å². The number of hydrogen-bond donors (Lipinski definition) is 0. The summed E-state index contributed by atoms with van der Waals surface area (Å²) in [7, 11) is 0. The highest BCUT2D eigenvalue weighted by Crippen LogP contribution is 2.20. The van der Waals surface area contributed by atoms with Gasteiger partial charge in [0.2, 0.25) is 0 Å². The van der Waals surface area contributed by atoms with E-state index in [1.807, 2.05) is 38.1 Å². The van der Waals surface area contributed by atoms with Crippen molar-refractivity contribution in [2.24, 2.45) is 0 Å². The minimum Gasteiger partial charge on any atom is -0.309 e. The molecular formula is C18H18N2O3. The maximum absolute atomic E-state index is 12.4. The number of nitro groups is 1. The first-order valence-corrected chi connectivity index (χ1v) is 7.32. The molecule has 5 nitrogen and oxygen atoms in total. The molecule has 118 valence electrons. The first-order valence-electron chi connectivity index (χ1n) is 7.32. The van der Waals surface area contributed by atoms with Gasteiger partial charge in [-0.3, -0.25) is 14.9 Å². The number of para-hydroxylation sites is 1. The number of aryl methyl sites for hydroxylation is 1. The topological polar surface area (TPSA) is 63.5 Å². The Bertz CT molecular complexity index is 753. The van der Waals surface area contributed by atoms with Crippen LogP contribution in [0.25, 0.3) is 6.08 Å². The summed E-state index contributed by atoms with van der Waals surface area (Å²) < 4.78 is 0. The Labute approximate surface area is 135 Å². The molecule has 0 spiro atoms. The molecule has 0 fully saturated rings. The highest BCUT2D eigenvalue weighted by Gasteiger charge is 2.13. The van der Waals surface area contributed by atoms with Crippen LogP contribution in [0.15, 0.2) is 54.6 Å². The van der Waals surface area contributed by atoms with E-state index in [9.17, 15) is 14.9 Å². The van der Waals surface area contributed by atoms with E-state index in [1.54, 1.807) is 23.1 Å². The third kappa shape index (κ3) is 4.03. The third-order valence-electron chi connectivity index (χ3n) is 3.49. The predicted molar refractivity (Wildman–Crippen MR) is 91.3 cm³/mol. The van der Waals surface area contributed by atoms with Crippen LogP contribution in [0.1, 0.15) is 18.1 Å². The lowest BCUT2D eigenvalue weighted by Crippen LogP contribution is -2.29. The van der Waals surface area contributed by atoms with Crippen LogP contribution in [0.2, 0.25) is 0 Å². The number of hydrogen-bond acceptors (Lipinski definition) is 3. The summed E-state index contributed by atoms with van der Waals surface area (Å²) in [5.41, 5.74) is 2.51. The second-order valence-electron chi connectivity index (χ2n) is 5.05. The maximum Gasteiger partial charge on any atom is 0.270 e. The van der Waals surface area contributed by atoms with Gasteiger partial charge in [0, 0.05) is 30.4 Å². The van der Waals surface area contributed by atoms with Crippen molar-refractivity contribution in [1.82, 2.24) is 0 Å². The SMILES string of the molecule is CCN(C(=O)C=Cc1cccc([N+](=O)[O-])c1)c1ccccc1C. The zero-order valence-corrected chi connectivity index (χ0v) is 13.1. The van der Waals surface area contributed by atoms with Gasteiger partial charge in [-0.2, -0.15) is 0 Å². The summed E-state index contributed by atoms with van der Waals surface area (Å²) in [4.78, 5) is 24.4. The molecule has 0 aliphatic heterocycles. The summed E-state index contributed by atoms with van der Waals surface area (Å²) in [5.74, 6) is -0.159. The highest BCUT2D eigenvalue weighted by atomic mass is 16.6. The predicted octanol–water partition coefficient (Wildman–Crippen LogP) is 3.97. The second kappa shape index (κ2) is 7.35. The maximum atomic E-state index is 12.4. The molecule has 0 saturated heterocycles. The van der Waals surface area contributed by atoms with Gasteiger partial charge >= 0.3 is 0 Å². The van der Waals surface area contributed by atoms with Crippen molar-refractivity contribution < 1.29 is 9.72 Å². The molecule has 0 heterocycles. The van der Waals surface area contributed by atoms with Gasteiger partial charge in [0.25, 0.3) is 11.6 Å². The molecule has 1 amide bonds. The van der Waals surface area contributed by atoms with Crippen LogP contribution in [0.3, 0.4) is 0 Å². The van der Waals surface area contributed by atoms with Crippen molar-refractivity contribution in [2.45, 2.75) is 13.8 Å². The molecule has 2 rings (SSSR count). The molecule has 0 bridgehead atoms. The van der Waals surface area contributed by atoms with E-state index in [2.05, 4.69) is 0 Å². The Balaban J connectivity index is 2.21. The molecule has 2 aromatic carbocycles. The fourth-order valence-electron chi connectivity index (χ4n) is 2.31. The van der Waals surface area contributed by atoms with Gasteiger partial charge in [0.1, 0.15) is 0 Å². The van der Waals surface area contributed by atoms with E-state index in [1.165, 1.54) is 18.2 Å². The van der Waals surface area contributed by atoms with Crippen molar-refractivity contribution in [3.8, 4) is 0 Å². The summed E-state index contributed by atoms with van der Waals surface area (Å²) in [6.45, 7) is 4.41. The average Bonchev–Trinajstić information content (AvgIpc) is 2.55. The summed E-state index contributed by atoms with van der Waals surface area (Å²) >= 11 is 0. The number of nitro benzene ring substituents is 1. The summed E-state index contributed by atoms with van der Waals surface area (Å²) in [6, 6.07) is 13.9. The minimum absolute atomic E-state index is 0.00542. The molecule has 0 aromatic heterocycles. The minimum atomic E-state index is -0.454. The van der Waals surface area contributed by atoms with Gasteiger partial charge in [-0.05, 0) is 37.1 Å². The average molecular weight is 310 g/mol. The summed E-state index contributed by atoms with van der Waals surface area (Å²) in [5, 5.41) is 10.8. The fraction of sp³-hybridized carbons (Fsp3) is 0.167. The van der Waals surface area contributed by atoms with Crippen molar-refractivity contribution in [3.63, 3.8) is 0 Å². The monoisotopic (exact) mass is 310 g/mol. The van der Waals surface area contributed by atoms with Crippen LogP contribution in [0.4, 0.5) is 11.4 Å². The number of amides is 1. The Kier molecular flexibility index (Phi) is 5.25. The number of carbonyl (C=O) groups is 1. The van der Waals surface area contributed by atoms with Crippen LogP contribution >= 0.6 is 0 Å². The zero-order valence-electron chi connectivity index (χ0n) is 13.1. The molecule has 0 aliphatic carbocycles. The number of non-ortho nitro benzene ring substituents is 1. The number of likely N-dealkylation sites (N-methyl/N-ethyl adjacent to an activating group) is 1. The first kappa shape index (κ1) is 16.4. The van der Waals surface area contributed by atoms with Crippen molar-refractivity contribution >= 4 is 23.4 Å². The molecule has 0 radical (unpaired) electrons.